The van der Waals surface area contributed by atoms with Crippen molar-refractivity contribution in [2.24, 2.45) is 5.92 Å². The van der Waals surface area contributed by atoms with Gasteiger partial charge in [-0.2, -0.15) is 4.98 Å². The lowest BCUT2D eigenvalue weighted by atomic mass is 10.1. The number of aromatic nitrogens is 2. The lowest BCUT2D eigenvalue weighted by Gasteiger charge is -2.20. The van der Waals surface area contributed by atoms with Crippen molar-refractivity contribution in [2.45, 2.75) is 51.0 Å². The molecule has 1 atom stereocenters. The summed E-state index contributed by atoms with van der Waals surface area (Å²) in [6.07, 6.45) is 6.66. The quantitative estimate of drug-likeness (QED) is 0.795. The van der Waals surface area contributed by atoms with Crippen LogP contribution in [0.25, 0.3) is 0 Å². The molecule has 1 aliphatic heterocycles. The molecule has 5 nitrogen and oxygen atoms in total. The van der Waals surface area contributed by atoms with Gasteiger partial charge in [0.1, 0.15) is 5.78 Å². The van der Waals surface area contributed by atoms with Crippen LogP contribution >= 0.6 is 0 Å². The molecule has 2 heterocycles. The van der Waals surface area contributed by atoms with Gasteiger partial charge in [-0.1, -0.05) is 5.16 Å². The molecule has 0 spiro atoms. The summed E-state index contributed by atoms with van der Waals surface area (Å²) in [5.74, 6) is 1.61. The molecule has 18 heavy (non-hydrogen) atoms. The molecule has 1 aromatic heterocycles. The minimum Gasteiger partial charge on any atom is -0.378 e. The van der Waals surface area contributed by atoms with Gasteiger partial charge < -0.3 is 9.26 Å². The minimum atomic E-state index is 0.211. The molecule has 0 aromatic carbocycles. The van der Waals surface area contributed by atoms with Gasteiger partial charge in [-0.15, -0.1) is 0 Å². The first-order valence-corrected chi connectivity index (χ1v) is 6.77. The van der Waals surface area contributed by atoms with Crippen molar-refractivity contribution in [1.82, 2.24) is 10.1 Å². The average molecular weight is 250 g/mol. The maximum Gasteiger partial charge on any atom is 0.234 e. The van der Waals surface area contributed by atoms with Crippen molar-refractivity contribution in [1.29, 1.82) is 0 Å². The SMILES string of the molecule is O=C(Cc1nc(CC2CCCCO2)no1)C1CC1. The van der Waals surface area contributed by atoms with Crippen LogP contribution in [0.2, 0.25) is 0 Å². The van der Waals surface area contributed by atoms with Crippen molar-refractivity contribution < 1.29 is 14.1 Å². The van der Waals surface area contributed by atoms with Gasteiger partial charge in [-0.3, -0.25) is 4.79 Å². The molecule has 2 aliphatic rings. The zero-order valence-corrected chi connectivity index (χ0v) is 10.4. The lowest BCUT2D eigenvalue weighted by molar-refractivity contribution is -0.119. The number of hydrogen-bond donors (Lipinski definition) is 0. The Balaban J connectivity index is 1.53. The highest BCUT2D eigenvalue weighted by atomic mass is 16.5. The summed E-state index contributed by atoms with van der Waals surface area (Å²) < 4.78 is 10.7. The number of carbonyl (C=O) groups excluding carboxylic acids is 1. The van der Waals surface area contributed by atoms with Gasteiger partial charge in [0.05, 0.1) is 12.5 Å². The van der Waals surface area contributed by atoms with Gasteiger partial charge in [-0.25, -0.2) is 0 Å². The van der Waals surface area contributed by atoms with Crippen LogP contribution in [-0.4, -0.2) is 28.6 Å². The molecule has 98 valence electrons. The van der Waals surface area contributed by atoms with Gasteiger partial charge in [0.2, 0.25) is 5.89 Å². The second-order valence-electron chi connectivity index (χ2n) is 5.21. The van der Waals surface area contributed by atoms with E-state index in [9.17, 15) is 4.79 Å². The summed E-state index contributed by atoms with van der Waals surface area (Å²) in [6.45, 7) is 0.829. The van der Waals surface area contributed by atoms with Crippen LogP contribution in [0.1, 0.15) is 43.8 Å². The van der Waals surface area contributed by atoms with Gasteiger partial charge in [0, 0.05) is 18.9 Å². The van der Waals surface area contributed by atoms with Gasteiger partial charge in [0.25, 0.3) is 0 Å². The molecule has 0 radical (unpaired) electrons. The molecule has 1 aliphatic carbocycles. The molecular formula is C13H18N2O3. The van der Waals surface area contributed by atoms with Crippen molar-refractivity contribution >= 4 is 5.78 Å². The second kappa shape index (κ2) is 5.18. The fourth-order valence-corrected chi connectivity index (χ4v) is 2.32. The zero-order valence-electron chi connectivity index (χ0n) is 10.4. The number of rotatable bonds is 5. The van der Waals surface area contributed by atoms with E-state index in [1.54, 1.807) is 0 Å². The normalized spacial score (nSPS) is 24.1. The zero-order chi connectivity index (χ0) is 12.4. The molecule has 0 bridgehead atoms. The Hall–Kier alpha value is -1.23. The smallest absolute Gasteiger partial charge is 0.234 e. The summed E-state index contributed by atoms with van der Waals surface area (Å²) in [5.41, 5.74) is 0. The van der Waals surface area contributed by atoms with Gasteiger partial charge in [0.15, 0.2) is 5.82 Å². The third-order valence-electron chi connectivity index (χ3n) is 3.55. The Morgan fingerprint density at radius 2 is 2.17 bits per heavy atom. The molecule has 0 amide bonds. The number of hydrogen-bond acceptors (Lipinski definition) is 5. The van der Waals surface area contributed by atoms with Crippen LogP contribution in [0.3, 0.4) is 0 Å². The van der Waals surface area contributed by atoms with E-state index < -0.39 is 0 Å². The molecule has 2 fully saturated rings. The standard InChI is InChI=1S/C13H18N2O3/c16-11(9-4-5-9)8-13-14-12(15-18-13)7-10-3-1-2-6-17-10/h9-10H,1-8H2. The summed E-state index contributed by atoms with van der Waals surface area (Å²) >= 11 is 0. The summed E-state index contributed by atoms with van der Waals surface area (Å²) in [5, 5.41) is 3.92. The molecule has 1 unspecified atom stereocenters. The van der Waals surface area contributed by atoms with E-state index in [1.165, 1.54) is 6.42 Å². The summed E-state index contributed by atoms with van der Waals surface area (Å²) in [6, 6.07) is 0. The van der Waals surface area contributed by atoms with Crippen LogP contribution in [0.4, 0.5) is 0 Å². The van der Waals surface area contributed by atoms with Crippen molar-refractivity contribution in [3.8, 4) is 0 Å². The molecule has 1 saturated heterocycles. The van der Waals surface area contributed by atoms with Crippen molar-refractivity contribution in [3.05, 3.63) is 11.7 Å². The van der Waals surface area contributed by atoms with Crippen LogP contribution in [0.15, 0.2) is 4.52 Å². The Morgan fingerprint density at radius 1 is 1.28 bits per heavy atom. The number of nitrogens with zero attached hydrogens (tertiary/aromatic N) is 2. The number of ketones is 1. The monoisotopic (exact) mass is 250 g/mol. The molecule has 3 rings (SSSR count). The number of carbonyl (C=O) groups is 1. The largest absolute Gasteiger partial charge is 0.378 e. The first-order valence-electron chi connectivity index (χ1n) is 6.77. The average Bonchev–Trinajstić information content (AvgIpc) is 3.15. The first kappa shape index (κ1) is 11.8. The predicted octanol–water partition coefficient (Wildman–Crippen LogP) is 1.70. The summed E-state index contributed by atoms with van der Waals surface area (Å²) in [4.78, 5) is 15.9. The van der Waals surface area contributed by atoms with Crippen molar-refractivity contribution in [2.75, 3.05) is 6.61 Å². The Kier molecular flexibility index (Phi) is 3.41. The van der Waals surface area contributed by atoms with Gasteiger partial charge in [-0.05, 0) is 32.1 Å². The Labute approximate surface area is 106 Å². The molecular weight excluding hydrogens is 232 g/mol. The Morgan fingerprint density at radius 3 is 2.89 bits per heavy atom. The van der Waals surface area contributed by atoms with Gasteiger partial charge >= 0.3 is 0 Å². The topological polar surface area (TPSA) is 65.2 Å². The third kappa shape index (κ3) is 2.96. The molecule has 1 aromatic rings. The fourth-order valence-electron chi connectivity index (χ4n) is 2.32. The van der Waals surface area contributed by atoms with E-state index in [0.717, 1.165) is 32.3 Å². The van der Waals surface area contributed by atoms with Crippen LogP contribution in [-0.2, 0) is 22.4 Å². The van der Waals surface area contributed by atoms with Crippen LogP contribution in [0, 0.1) is 5.92 Å². The van der Waals surface area contributed by atoms with E-state index in [1.807, 2.05) is 0 Å². The molecule has 5 heteroatoms. The third-order valence-corrected chi connectivity index (χ3v) is 3.55. The maximum atomic E-state index is 11.6. The first-order chi connectivity index (χ1) is 8.81. The minimum absolute atomic E-state index is 0.211. The van der Waals surface area contributed by atoms with E-state index in [4.69, 9.17) is 9.26 Å². The summed E-state index contributed by atoms with van der Waals surface area (Å²) in [7, 11) is 0. The van der Waals surface area contributed by atoms with E-state index in [0.29, 0.717) is 24.6 Å². The fraction of sp³-hybridized carbons (Fsp3) is 0.769. The highest BCUT2D eigenvalue weighted by Crippen LogP contribution is 2.30. The van der Waals surface area contributed by atoms with E-state index in [-0.39, 0.29) is 17.8 Å². The van der Waals surface area contributed by atoms with Crippen LogP contribution in [0.5, 0.6) is 0 Å². The lowest BCUT2D eigenvalue weighted by Crippen LogP contribution is -2.21. The second-order valence-corrected chi connectivity index (χ2v) is 5.21. The highest BCUT2D eigenvalue weighted by molar-refractivity contribution is 5.84. The predicted molar refractivity (Wildman–Crippen MR) is 63.0 cm³/mol. The van der Waals surface area contributed by atoms with Crippen LogP contribution < -0.4 is 0 Å². The Bertz CT molecular complexity index is 420. The van der Waals surface area contributed by atoms with Crippen molar-refractivity contribution in [3.63, 3.8) is 0 Å². The number of ether oxygens (including phenoxy) is 1. The van der Waals surface area contributed by atoms with E-state index in [2.05, 4.69) is 10.1 Å². The molecule has 1 saturated carbocycles. The van der Waals surface area contributed by atoms with E-state index >= 15 is 0 Å². The molecule has 0 N–H and O–H groups in total. The maximum absolute atomic E-state index is 11.6. The number of Topliss-reactive ketones (excluding diaryl/α,β-unsaturated/α-hetero) is 1. The highest BCUT2D eigenvalue weighted by Gasteiger charge is 2.30.